The van der Waals surface area contributed by atoms with Crippen molar-refractivity contribution in [3.8, 4) is 0 Å². The van der Waals surface area contributed by atoms with Gasteiger partial charge in [0.05, 0.1) is 0 Å². The van der Waals surface area contributed by atoms with Gasteiger partial charge in [-0.3, -0.25) is 19.2 Å². The molecule has 0 aliphatic heterocycles. The smallest absolute Gasteiger partial charge is 0.201 e. The van der Waals surface area contributed by atoms with Crippen molar-refractivity contribution in [2.45, 2.75) is 57.8 Å². The van der Waals surface area contributed by atoms with Crippen molar-refractivity contribution in [1.29, 1.82) is 0 Å². The molecule has 0 spiro atoms. The second-order valence-corrected chi connectivity index (χ2v) is 6.92. The molecule has 0 amide bonds. The molecule has 114 valence electrons. The van der Waals surface area contributed by atoms with Crippen LogP contribution in [0, 0.1) is 23.7 Å². The summed E-state index contributed by atoms with van der Waals surface area (Å²) >= 11 is 0. The Morgan fingerprint density at radius 1 is 0.476 bits per heavy atom. The van der Waals surface area contributed by atoms with Crippen LogP contribution in [0.3, 0.4) is 0 Å². The minimum absolute atomic E-state index is 0.133. The zero-order valence-corrected chi connectivity index (χ0v) is 12.3. The normalized spacial score (nSPS) is 38.1. The maximum atomic E-state index is 12.1. The van der Waals surface area contributed by atoms with Crippen molar-refractivity contribution >= 4 is 23.1 Å². The van der Waals surface area contributed by atoms with Gasteiger partial charge >= 0.3 is 0 Å². The molecule has 4 atom stereocenters. The van der Waals surface area contributed by atoms with Crippen LogP contribution in [-0.4, -0.2) is 23.1 Å². The van der Waals surface area contributed by atoms with Crippen LogP contribution in [0.25, 0.3) is 0 Å². The molecule has 0 heterocycles. The molecule has 0 aromatic rings. The van der Waals surface area contributed by atoms with Crippen molar-refractivity contribution in [3.05, 3.63) is 0 Å². The third-order valence-corrected chi connectivity index (χ3v) is 5.61. The Bertz CT molecular complexity index is 445. The quantitative estimate of drug-likeness (QED) is 0.642. The minimum Gasteiger partial charge on any atom is -0.291 e. The van der Waals surface area contributed by atoms with E-state index in [0.717, 1.165) is 25.7 Å². The summed E-state index contributed by atoms with van der Waals surface area (Å²) in [4.78, 5) is 48.2. The van der Waals surface area contributed by atoms with Gasteiger partial charge in [0.1, 0.15) is 0 Å². The fourth-order valence-electron chi connectivity index (χ4n) is 4.30. The van der Waals surface area contributed by atoms with Crippen molar-refractivity contribution in [1.82, 2.24) is 0 Å². The van der Waals surface area contributed by atoms with E-state index in [1.54, 1.807) is 0 Å². The lowest BCUT2D eigenvalue weighted by Gasteiger charge is -2.26. The van der Waals surface area contributed by atoms with Gasteiger partial charge in [-0.2, -0.15) is 0 Å². The van der Waals surface area contributed by atoms with Gasteiger partial charge in [0.15, 0.2) is 0 Å². The maximum absolute atomic E-state index is 12.1. The topological polar surface area (TPSA) is 68.3 Å². The summed E-state index contributed by atoms with van der Waals surface area (Å²) in [6.07, 6.45) is 6.64. The first-order chi connectivity index (χ1) is 10.1. The number of carbonyl (C=O) groups is 4. The molecular weight excluding hydrogens is 268 g/mol. The molecule has 4 bridgehead atoms. The summed E-state index contributed by atoms with van der Waals surface area (Å²) in [6.45, 7) is 0. The first-order valence-electron chi connectivity index (χ1n) is 8.24. The molecule has 0 aromatic heterocycles. The summed E-state index contributed by atoms with van der Waals surface area (Å²) in [5.74, 6) is -1.29. The number of rotatable bonds is 0. The second kappa shape index (κ2) is 5.82. The Kier molecular flexibility index (Phi) is 4.05. The van der Waals surface area contributed by atoms with Crippen LogP contribution in [-0.2, 0) is 19.2 Å². The fraction of sp³-hybridized carbons (Fsp3) is 0.765. The van der Waals surface area contributed by atoms with Crippen LogP contribution in [0.1, 0.15) is 57.8 Å². The number of hydrogen-bond donors (Lipinski definition) is 0. The average molecular weight is 290 g/mol. The Morgan fingerprint density at radius 3 is 1.24 bits per heavy atom. The molecule has 21 heavy (non-hydrogen) atoms. The van der Waals surface area contributed by atoms with E-state index in [1.165, 1.54) is 0 Å². The molecule has 4 aliphatic rings. The summed E-state index contributed by atoms with van der Waals surface area (Å²) in [5.41, 5.74) is 0. The van der Waals surface area contributed by atoms with E-state index in [4.69, 9.17) is 0 Å². The van der Waals surface area contributed by atoms with Crippen LogP contribution in [0.4, 0.5) is 0 Å². The van der Waals surface area contributed by atoms with Crippen molar-refractivity contribution in [3.63, 3.8) is 0 Å². The SMILES string of the molecule is O=C1C(=O)C2CCCC3CC(CCCC1CC2)C(=O)C3=O. The van der Waals surface area contributed by atoms with Crippen LogP contribution < -0.4 is 0 Å². The Labute approximate surface area is 124 Å². The van der Waals surface area contributed by atoms with Crippen LogP contribution in [0.2, 0.25) is 0 Å². The lowest BCUT2D eigenvalue weighted by atomic mass is 9.76. The van der Waals surface area contributed by atoms with Crippen LogP contribution >= 0.6 is 0 Å². The molecule has 0 aromatic carbocycles. The molecule has 4 unspecified atom stereocenters. The monoisotopic (exact) mass is 290 g/mol. The first-order valence-corrected chi connectivity index (χ1v) is 8.24. The molecule has 4 heteroatoms. The zero-order chi connectivity index (χ0) is 15.0. The van der Waals surface area contributed by atoms with E-state index in [2.05, 4.69) is 0 Å². The van der Waals surface area contributed by atoms with E-state index in [9.17, 15) is 19.2 Å². The third kappa shape index (κ3) is 2.72. The average Bonchev–Trinajstić information content (AvgIpc) is 2.75. The lowest BCUT2D eigenvalue weighted by molar-refractivity contribution is -0.144. The third-order valence-electron chi connectivity index (χ3n) is 5.61. The van der Waals surface area contributed by atoms with Gasteiger partial charge in [-0.25, -0.2) is 0 Å². The molecule has 4 saturated carbocycles. The summed E-state index contributed by atoms with van der Waals surface area (Å²) < 4.78 is 0. The van der Waals surface area contributed by atoms with Gasteiger partial charge in [-0.05, 0) is 44.9 Å². The van der Waals surface area contributed by atoms with E-state index in [-0.39, 0.29) is 46.8 Å². The largest absolute Gasteiger partial charge is 0.291 e. The summed E-state index contributed by atoms with van der Waals surface area (Å²) in [5, 5.41) is 0. The first kappa shape index (κ1) is 14.6. The fourth-order valence-corrected chi connectivity index (χ4v) is 4.30. The highest BCUT2D eigenvalue weighted by Crippen LogP contribution is 2.36. The van der Waals surface area contributed by atoms with Gasteiger partial charge in [-0.1, -0.05) is 12.8 Å². The lowest BCUT2D eigenvalue weighted by Crippen LogP contribution is -2.35. The summed E-state index contributed by atoms with van der Waals surface area (Å²) in [7, 11) is 0. The van der Waals surface area contributed by atoms with Crippen LogP contribution in [0.5, 0.6) is 0 Å². The number of carbonyl (C=O) groups excluding carboxylic acids is 4. The van der Waals surface area contributed by atoms with Gasteiger partial charge in [0, 0.05) is 23.7 Å². The molecule has 4 nitrogen and oxygen atoms in total. The predicted octanol–water partition coefficient (Wildman–Crippen LogP) is 2.28. The predicted molar refractivity (Wildman–Crippen MR) is 75.5 cm³/mol. The zero-order valence-electron chi connectivity index (χ0n) is 12.3. The number of ketones is 4. The standard InChI is InChI=1S/C17H22O4/c18-14-10-3-1-5-12-9-13(17(21)16(12)20)6-2-4-11(8-7-10)15(14)19/h10-13H,1-9H2. The molecule has 0 saturated heterocycles. The van der Waals surface area contributed by atoms with Crippen molar-refractivity contribution < 1.29 is 19.2 Å². The van der Waals surface area contributed by atoms with Gasteiger partial charge in [0.2, 0.25) is 23.1 Å². The van der Waals surface area contributed by atoms with E-state index >= 15 is 0 Å². The van der Waals surface area contributed by atoms with Crippen molar-refractivity contribution in [2.75, 3.05) is 0 Å². The molecule has 0 radical (unpaired) electrons. The van der Waals surface area contributed by atoms with Crippen molar-refractivity contribution in [2.24, 2.45) is 23.7 Å². The number of fused-ring (bicyclic) bond motifs is 6. The number of Topliss-reactive ketones (excluding diaryl/α,β-unsaturated/α-hetero) is 4. The molecule has 4 rings (SSSR count). The highest BCUT2D eigenvalue weighted by Gasteiger charge is 2.42. The highest BCUT2D eigenvalue weighted by atomic mass is 16.2. The molecule has 4 fully saturated rings. The Morgan fingerprint density at radius 2 is 0.810 bits per heavy atom. The molecular formula is C17H22O4. The number of hydrogen-bond acceptors (Lipinski definition) is 4. The Hall–Kier alpha value is -1.32. The molecule has 0 N–H and O–H groups in total. The van der Waals surface area contributed by atoms with Crippen LogP contribution in [0.15, 0.2) is 0 Å². The van der Waals surface area contributed by atoms with Gasteiger partial charge in [0.25, 0.3) is 0 Å². The Balaban J connectivity index is 1.75. The van der Waals surface area contributed by atoms with Gasteiger partial charge in [-0.15, -0.1) is 0 Å². The maximum Gasteiger partial charge on any atom is 0.201 e. The van der Waals surface area contributed by atoms with E-state index in [0.29, 0.717) is 32.1 Å². The summed E-state index contributed by atoms with van der Waals surface area (Å²) in [6, 6.07) is 0. The van der Waals surface area contributed by atoms with Gasteiger partial charge < -0.3 is 0 Å². The van der Waals surface area contributed by atoms with E-state index in [1.807, 2.05) is 0 Å². The highest BCUT2D eigenvalue weighted by molar-refractivity contribution is 6.40. The minimum atomic E-state index is -0.190. The molecule has 4 aliphatic carbocycles. The van der Waals surface area contributed by atoms with E-state index < -0.39 is 0 Å². The second-order valence-electron chi connectivity index (χ2n) is 6.92.